The fraction of sp³-hybridized carbons (Fsp3) is 0.333. The highest BCUT2D eigenvalue weighted by Crippen LogP contribution is 2.16. The summed E-state index contributed by atoms with van der Waals surface area (Å²) in [5.74, 6) is 0. The highest BCUT2D eigenvalue weighted by Gasteiger charge is 1.98. The molecule has 0 spiro atoms. The molecule has 0 heterocycles. The fourth-order valence-corrected chi connectivity index (χ4v) is 1.97. The van der Waals surface area contributed by atoms with Gasteiger partial charge in [-0.2, -0.15) is 0 Å². The van der Waals surface area contributed by atoms with Gasteiger partial charge in [-0.05, 0) is 37.8 Å². The molecule has 0 aromatic heterocycles. The molecule has 0 unspecified atom stereocenters. The minimum atomic E-state index is 1.01. The summed E-state index contributed by atoms with van der Waals surface area (Å²) in [6.45, 7) is 3.16. The zero-order valence-electron chi connectivity index (χ0n) is 9.87. The summed E-state index contributed by atoms with van der Waals surface area (Å²) in [5.41, 5.74) is 4.03. The minimum absolute atomic E-state index is 1.01. The van der Waals surface area contributed by atoms with Gasteiger partial charge in [0.1, 0.15) is 0 Å². The van der Waals surface area contributed by atoms with Crippen LogP contribution in [0.1, 0.15) is 24.8 Å². The smallest absolute Gasteiger partial charge is 0.0369 e. The molecular weight excluding hydrogens is 194 g/mol. The SMILES string of the molecule is Cc1ccccc1NCCC1=CCCC=C1. The van der Waals surface area contributed by atoms with E-state index in [1.54, 1.807) is 0 Å². The van der Waals surface area contributed by atoms with E-state index in [0.717, 1.165) is 13.0 Å². The number of aryl methyl sites for hydroxylation is 1. The Morgan fingerprint density at radius 2 is 2.06 bits per heavy atom. The average Bonchev–Trinajstić information content (AvgIpc) is 2.33. The van der Waals surface area contributed by atoms with Crippen LogP contribution in [0.3, 0.4) is 0 Å². The lowest BCUT2D eigenvalue weighted by Gasteiger charge is -2.11. The zero-order valence-corrected chi connectivity index (χ0v) is 9.87. The predicted octanol–water partition coefficient (Wildman–Crippen LogP) is 4.07. The number of allylic oxidation sites excluding steroid dienone is 3. The molecule has 0 radical (unpaired) electrons. The molecule has 16 heavy (non-hydrogen) atoms. The van der Waals surface area contributed by atoms with Crippen molar-refractivity contribution in [2.24, 2.45) is 0 Å². The number of hydrogen-bond acceptors (Lipinski definition) is 1. The van der Waals surface area contributed by atoms with E-state index < -0.39 is 0 Å². The number of nitrogens with one attached hydrogen (secondary N) is 1. The summed E-state index contributed by atoms with van der Waals surface area (Å²) >= 11 is 0. The topological polar surface area (TPSA) is 12.0 Å². The van der Waals surface area contributed by atoms with Crippen LogP contribution >= 0.6 is 0 Å². The predicted molar refractivity (Wildman–Crippen MR) is 70.7 cm³/mol. The first-order chi connectivity index (χ1) is 7.86. The molecule has 0 aliphatic heterocycles. The van der Waals surface area contributed by atoms with Gasteiger partial charge in [-0.15, -0.1) is 0 Å². The van der Waals surface area contributed by atoms with E-state index in [2.05, 4.69) is 54.7 Å². The van der Waals surface area contributed by atoms with Crippen molar-refractivity contribution < 1.29 is 0 Å². The molecule has 1 aromatic rings. The zero-order chi connectivity index (χ0) is 11.2. The number of hydrogen-bond donors (Lipinski definition) is 1. The second-order valence-electron chi connectivity index (χ2n) is 4.25. The third-order valence-electron chi connectivity index (χ3n) is 2.95. The van der Waals surface area contributed by atoms with Crippen molar-refractivity contribution in [3.63, 3.8) is 0 Å². The van der Waals surface area contributed by atoms with E-state index in [-0.39, 0.29) is 0 Å². The molecule has 1 aliphatic carbocycles. The van der Waals surface area contributed by atoms with Gasteiger partial charge in [-0.3, -0.25) is 0 Å². The summed E-state index contributed by atoms with van der Waals surface area (Å²) in [4.78, 5) is 0. The first-order valence-electron chi connectivity index (χ1n) is 6.01. The number of rotatable bonds is 4. The Balaban J connectivity index is 1.82. The Morgan fingerprint density at radius 3 is 2.81 bits per heavy atom. The van der Waals surface area contributed by atoms with Crippen LogP contribution in [0.4, 0.5) is 5.69 Å². The summed E-state index contributed by atoms with van der Waals surface area (Å²) in [6, 6.07) is 8.44. The molecule has 0 amide bonds. The third-order valence-corrected chi connectivity index (χ3v) is 2.95. The maximum absolute atomic E-state index is 3.49. The molecule has 0 bridgehead atoms. The highest BCUT2D eigenvalue weighted by molar-refractivity contribution is 5.50. The van der Waals surface area contributed by atoms with Gasteiger partial charge >= 0.3 is 0 Å². The van der Waals surface area contributed by atoms with Crippen LogP contribution < -0.4 is 5.32 Å². The van der Waals surface area contributed by atoms with Crippen molar-refractivity contribution in [3.05, 3.63) is 53.6 Å². The molecule has 0 saturated heterocycles. The van der Waals surface area contributed by atoms with Crippen LogP contribution in [0.5, 0.6) is 0 Å². The van der Waals surface area contributed by atoms with Gasteiger partial charge in [0.05, 0.1) is 0 Å². The second kappa shape index (κ2) is 5.55. The Kier molecular flexibility index (Phi) is 3.81. The summed E-state index contributed by atoms with van der Waals surface area (Å²) in [5, 5.41) is 3.49. The Labute approximate surface area is 97.9 Å². The third kappa shape index (κ3) is 2.99. The maximum Gasteiger partial charge on any atom is 0.0369 e. The molecule has 2 rings (SSSR count). The number of benzene rings is 1. The van der Waals surface area contributed by atoms with Crippen molar-refractivity contribution >= 4 is 5.69 Å². The van der Waals surface area contributed by atoms with Crippen LogP contribution in [-0.2, 0) is 0 Å². The quantitative estimate of drug-likeness (QED) is 0.795. The van der Waals surface area contributed by atoms with Gasteiger partial charge < -0.3 is 5.32 Å². The van der Waals surface area contributed by atoms with Gasteiger partial charge in [0.2, 0.25) is 0 Å². The van der Waals surface area contributed by atoms with Crippen molar-refractivity contribution in [2.45, 2.75) is 26.2 Å². The van der Waals surface area contributed by atoms with Crippen molar-refractivity contribution in [2.75, 3.05) is 11.9 Å². The number of anilines is 1. The lowest BCUT2D eigenvalue weighted by atomic mass is 10.0. The molecular formula is C15H19N. The average molecular weight is 213 g/mol. The summed E-state index contributed by atoms with van der Waals surface area (Å²) in [6.07, 6.45) is 10.4. The fourth-order valence-electron chi connectivity index (χ4n) is 1.97. The van der Waals surface area contributed by atoms with E-state index in [1.165, 1.54) is 29.7 Å². The summed E-state index contributed by atoms with van der Waals surface area (Å²) < 4.78 is 0. The Morgan fingerprint density at radius 1 is 1.19 bits per heavy atom. The molecule has 0 atom stereocenters. The van der Waals surface area contributed by atoms with E-state index in [1.807, 2.05) is 0 Å². The molecule has 84 valence electrons. The van der Waals surface area contributed by atoms with Crippen molar-refractivity contribution in [1.29, 1.82) is 0 Å². The van der Waals surface area contributed by atoms with Crippen LogP contribution in [0.15, 0.2) is 48.1 Å². The van der Waals surface area contributed by atoms with Gasteiger partial charge in [0.15, 0.2) is 0 Å². The van der Waals surface area contributed by atoms with Gasteiger partial charge in [-0.1, -0.05) is 42.0 Å². The van der Waals surface area contributed by atoms with E-state index in [9.17, 15) is 0 Å². The monoisotopic (exact) mass is 213 g/mol. The van der Waals surface area contributed by atoms with E-state index in [4.69, 9.17) is 0 Å². The van der Waals surface area contributed by atoms with Crippen LogP contribution in [0.25, 0.3) is 0 Å². The van der Waals surface area contributed by atoms with E-state index >= 15 is 0 Å². The Hall–Kier alpha value is -1.50. The molecule has 1 aliphatic rings. The second-order valence-corrected chi connectivity index (χ2v) is 4.25. The normalized spacial score (nSPS) is 14.7. The molecule has 1 nitrogen and oxygen atoms in total. The first kappa shape index (κ1) is 11.0. The van der Waals surface area contributed by atoms with Crippen LogP contribution in [0.2, 0.25) is 0 Å². The lowest BCUT2D eigenvalue weighted by Crippen LogP contribution is -2.04. The maximum atomic E-state index is 3.49. The van der Waals surface area contributed by atoms with Gasteiger partial charge in [-0.25, -0.2) is 0 Å². The van der Waals surface area contributed by atoms with Crippen LogP contribution in [0, 0.1) is 6.92 Å². The minimum Gasteiger partial charge on any atom is -0.384 e. The van der Waals surface area contributed by atoms with Crippen molar-refractivity contribution in [1.82, 2.24) is 0 Å². The standard InChI is InChI=1S/C15H19N/c1-13-7-5-6-10-15(13)16-12-11-14-8-3-2-4-9-14/h3,5-10,16H,2,4,11-12H2,1H3. The largest absolute Gasteiger partial charge is 0.384 e. The molecule has 0 saturated carbocycles. The van der Waals surface area contributed by atoms with Gasteiger partial charge in [0.25, 0.3) is 0 Å². The summed E-state index contributed by atoms with van der Waals surface area (Å²) in [7, 11) is 0. The molecule has 1 heteroatoms. The first-order valence-corrected chi connectivity index (χ1v) is 6.01. The number of para-hydroxylation sites is 1. The van der Waals surface area contributed by atoms with E-state index in [0.29, 0.717) is 0 Å². The molecule has 1 aromatic carbocycles. The molecule has 0 fully saturated rings. The van der Waals surface area contributed by atoms with Gasteiger partial charge in [0, 0.05) is 12.2 Å². The van der Waals surface area contributed by atoms with Crippen LogP contribution in [-0.4, -0.2) is 6.54 Å². The molecule has 1 N–H and O–H groups in total. The highest BCUT2D eigenvalue weighted by atomic mass is 14.9. The van der Waals surface area contributed by atoms with Crippen molar-refractivity contribution in [3.8, 4) is 0 Å². The lowest BCUT2D eigenvalue weighted by molar-refractivity contribution is 0.952. The Bertz CT molecular complexity index is 402.